The number of aromatic nitrogens is 2. The normalized spacial score (nSPS) is 10.8. The van der Waals surface area contributed by atoms with Gasteiger partial charge in [-0.2, -0.15) is 0 Å². The lowest BCUT2D eigenvalue weighted by Gasteiger charge is -2.04. The molecule has 0 radical (unpaired) electrons. The van der Waals surface area contributed by atoms with Crippen LogP contribution in [0.2, 0.25) is 0 Å². The fraction of sp³-hybridized carbons (Fsp3) is 0.133. The van der Waals surface area contributed by atoms with Crippen molar-refractivity contribution in [2.75, 3.05) is 12.8 Å². The minimum atomic E-state index is 0.717. The Kier molecular flexibility index (Phi) is 2.63. The zero-order valence-corrected chi connectivity index (χ0v) is 10.9. The Bertz CT molecular complexity index is 746. The number of benzene rings is 1. The molecule has 0 aliphatic rings. The second-order valence-corrected chi connectivity index (χ2v) is 4.47. The fourth-order valence-electron chi connectivity index (χ4n) is 2.22. The lowest BCUT2D eigenvalue weighted by Crippen LogP contribution is -1.93. The van der Waals surface area contributed by atoms with Gasteiger partial charge in [-0.05, 0) is 31.2 Å². The summed E-state index contributed by atoms with van der Waals surface area (Å²) in [4.78, 5) is 4.63. The molecule has 2 aromatic heterocycles. The minimum absolute atomic E-state index is 0.717. The lowest BCUT2D eigenvalue weighted by atomic mass is 10.2. The Labute approximate surface area is 111 Å². The molecule has 0 aliphatic heterocycles. The predicted molar refractivity (Wildman–Crippen MR) is 76.3 cm³/mol. The Morgan fingerprint density at radius 2 is 2.05 bits per heavy atom. The number of aryl methyl sites for hydroxylation is 1. The van der Waals surface area contributed by atoms with Crippen molar-refractivity contribution in [3.8, 4) is 17.1 Å². The van der Waals surface area contributed by atoms with Crippen LogP contribution in [0.3, 0.4) is 0 Å². The van der Waals surface area contributed by atoms with Crippen molar-refractivity contribution in [1.29, 1.82) is 0 Å². The molecule has 0 atom stereocenters. The second kappa shape index (κ2) is 4.31. The molecule has 0 saturated heterocycles. The summed E-state index contributed by atoms with van der Waals surface area (Å²) >= 11 is 0. The van der Waals surface area contributed by atoms with Gasteiger partial charge >= 0.3 is 0 Å². The number of hydrogen-bond acceptors (Lipinski definition) is 3. The molecule has 4 heteroatoms. The van der Waals surface area contributed by atoms with Gasteiger partial charge in [-0.1, -0.05) is 12.1 Å². The van der Waals surface area contributed by atoms with E-state index < -0.39 is 0 Å². The SMILES string of the molecule is COc1cccc(-c2nc(C)c3ccc(N)cn23)c1. The van der Waals surface area contributed by atoms with Crippen LogP contribution in [0.25, 0.3) is 16.9 Å². The van der Waals surface area contributed by atoms with Gasteiger partial charge in [-0.3, -0.25) is 4.40 Å². The molecule has 0 unspecified atom stereocenters. The first kappa shape index (κ1) is 11.6. The highest BCUT2D eigenvalue weighted by atomic mass is 16.5. The predicted octanol–water partition coefficient (Wildman–Crippen LogP) is 2.90. The van der Waals surface area contributed by atoms with E-state index in [0.717, 1.165) is 28.3 Å². The Morgan fingerprint density at radius 1 is 1.21 bits per heavy atom. The number of hydrogen-bond donors (Lipinski definition) is 1. The fourth-order valence-corrected chi connectivity index (χ4v) is 2.22. The molecule has 3 aromatic rings. The highest BCUT2D eigenvalue weighted by Crippen LogP contribution is 2.26. The molecule has 2 N–H and O–H groups in total. The number of ether oxygens (including phenoxy) is 1. The van der Waals surface area contributed by atoms with Gasteiger partial charge in [0.25, 0.3) is 0 Å². The van der Waals surface area contributed by atoms with Crippen LogP contribution in [0.15, 0.2) is 42.6 Å². The van der Waals surface area contributed by atoms with E-state index in [9.17, 15) is 0 Å². The molecule has 0 bridgehead atoms. The number of anilines is 1. The molecule has 19 heavy (non-hydrogen) atoms. The smallest absolute Gasteiger partial charge is 0.145 e. The van der Waals surface area contributed by atoms with Gasteiger partial charge in [0.1, 0.15) is 11.6 Å². The van der Waals surface area contributed by atoms with E-state index in [0.29, 0.717) is 5.69 Å². The molecule has 0 fully saturated rings. The highest BCUT2D eigenvalue weighted by Gasteiger charge is 2.10. The molecule has 0 amide bonds. The van der Waals surface area contributed by atoms with Gasteiger partial charge in [-0.15, -0.1) is 0 Å². The molecule has 0 aliphatic carbocycles. The second-order valence-electron chi connectivity index (χ2n) is 4.47. The van der Waals surface area contributed by atoms with Crippen LogP contribution in [0, 0.1) is 6.92 Å². The van der Waals surface area contributed by atoms with Gasteiger partial charge in [0, 0.05) is 17.4 Å². The van der Waals surface area contributed by atoms with Gasteiger partial charge in [-0.25, -0.2) is 4.98 Å². The van der Waals surface area contributed by atoms with Crippen molar-refractivity contribution in [2.24, 2.45) is 0 Å². The van der Waals surface area contributed by atoms with E-state index >= 15 is 0 Å². The first-order chi connectivity index (χ1) is 9.19. The van der Waals surface area contributed by atoms with E-state index in [-0.39, 0.29) is 0 Å². The van der Waals surface area contributed by atoms with Crippen LogP contribution < -0.4 is 10.5 Å². The van der Waals surface area contributed by atoms with E-state index in [1.807, 2.05) is 53.9 Å². The van der Waals surface area contributed by atoms with Gasteiger partial charge in [0.2, 0.25) is 0 Å². The third-order valence-electron chi connectivity index (χ3n) is 3.17. The van der Waals surface area contributed by atoms with Crippen molar-refractivity contribution in [1.82, 2.24) is 9.38 Å². The minimum Gasteiger partial charge on any atom is -0.497 e. The summed E-state index contributed by atoms with van der Waals surface area (Å²) in [7, 11) is 1.66. The summed E-state index contributed by atoms with van der Waals surface area (Å²) in [6.45, 7) is 2.00. The molecule has 2 heterocycles. The van der Waals surface area contributed by atoms with Crippen LogP contribution in [0.4, 0.5) is 5.69 Å². The average molecular weight is 253 g/mol. The van der Waals surface area contributed by atoms with Crippen LogP contribution in [0.5, 0.6) is 5.75 Å². The van der Waals surface area contributed by atoms with Gasteiger partial charge in [0.15, 0.2) is 0 Å². The summed E-state index contributed by atoms with van der Waals surface area (Å²) in [6.07, 6.45) is 1.89. The van der Waals surface area contributed by atoms with Crippen molar-refractivity contribution in [3.63, 3.8) is 0 Å². The maximum absolute atomic E-state index is 5.86. The highest BCUT2D eigenvalue weighted by molar-refractivity contribution is 5.67. The Morgan fingerprint density at radius 3 is 2.84 bits per heavy atom. The first-order valence-corrected chi connectivity index (χ1v) is 6.07. The molecule has 1 aromatic carbocycles. The molecule has 0 saturated carbocycles. The van der Waals surface area contributed by atoms with Gasteiger partial charge in [0.05, 0.1) is 18.3 Å². The van der Waals surface area contributed by atoms with Crippen molar-refractivity contribution < 1.29 is 4.74 Å². The number of pyridine rings is 1. The maximum Gasteiger partial charge on any atom is 0.145 e. The number of nitrogen functional groups attached to an aromatic ring is 1. The van der Waals surface area contributed by atoms with E-state index in [4.69, 9.17) is 10.5 Å². The molecule has 4 nitrogen and oxygen atoms in total. The Balaban J connectivity index is 2.26. The third-order valence-corrected chi connectivity index (χ3v) is 3.17. The van der Waals surface area contributed by atoms with Gasteiger partial charge < -0.3 is 10.5 Å². The topological polar surface area (TPSA) is 52.5 Å². The number of fused-ring (bicyclic) bond motifs is 1. The third kappa shape index (κ3) is 1.91. The summed E-state index contributed by atoms with van der Waals surface area (Å²) in [5, 5.41) is 0. The molecule has 0 spiro atoms. The summed E-state index contributed by atoms with van der Waals surface area (Å²) < 4.78 is 7.27. The molecular weight excluding hydrogens is 238 g/mol. The van der Waals surface area contributed by atoms with Crippen LogP contribution in [0.1, 0.15) is 5.69 Å². The quantitative estimate of drug-likeness (QED) is 0.764. The summed E-state index contributed by atoms with van der Waals surface area (Å²) in [6, 6.07) is 11.7. The van der Waals surface area contributed by atoms with E-state index in [1.165, 1.54) is 0 Å². The van der Waals surface area contributed by atoms with Crippen LogP contribution >= 0.6 is 0 Å². The Hall–Kier alpha value is -2.49. The lowest BCUT2D eigenvalue weighted by molar-refractivity contribution is 0.415. The monoisotopic (exact) mass is 253 g/mol. The number of imidazole rings is 1. The van der Waals surface area contributed by atoms with Crippen molar-refractivity contribution in [2.45, 2.75) is 6.92 Å². The van der Waals surface area contributed by atoms with E-state index in [2.05, 4.69) is 4.98 Å². The molecule has 96 valence electrons. The maximum atomic E-state index is 5.86. The van der Waals surface area contributed by atoms with Crippen LogP contribution in [-0.2, 0) is 0 Å². The van der Waals surface area contributed by atoms with Crippen LogP contribution in [-0.4, -0.2) is 16.5 Å². The summed E-state index contributed by atoms with van der Waals surface area (Å²) in [5.41, 5.74) is 9.63. The molecular formula is C15H15N3O. The van der Waals surface area contributed by atoms with Crippen molar-refractivity contribution >= 4 is 11.2 Å². The average Bonchev–Trinajstić information content (AvgIpc) is 2.75. The summed E-state index contributed by atoms with van der Waals surface area (Å²) in [5.74, 6) is 1.69. The largest absolute Gasteiger partial charge is 0.497 e. The number of rotatable bonds is 2. The molecule has 3 rings (SSSR count). The van der Waals surface area contributed by atoms with Crippen molar-refractivity contribution in [3.05, 3.63) is 48.3 Å². The van der Waals surface area contributed by atoms with E-state index in [1.54, 1.807) is 7.11 Å². The number of nitrogens with two attached hydrogens (primary N) is 1. The number of nitrogens with zero attached hydrogens (tertiary/aromatic N) is 2. The number of methoxy groups -OCH3 is 1. The first-order valence-electron chi connectivity index (χ1n) is 6.07. The zero-order valence-electron chi connectivity index (χ0n) is 10.9. The zero-order chi connectivity index (χ0) is 13.4. The standard InChI is InChI=1S/C15H15N3O/c1-10-14-7-6-12(16)9-18(14)15(17-10)11-4-3-5-13(8-11)19-2/h3-9H,16H2,1-2H3.